The highest BCUT2D eigenvalue weighted by Crippen LogP contribution is 2.18. The molecule has 3 heteroatoms. The number of halogens is 1. The zero-order chi connectivity index (χ0) is 17.6. The summed E-state index contributed by atoms with van der Waals surface area (Å²) in [4.78, 5) is 4.51. The van der Waals surface area contributed by atoms with Crippen LogP contribution in [0.5, 0.6) is 5.75 Å². The van der Waals surface area contributed by atoms with Crippen LogP contribution < -0.4 is 4.74 Å². The number of benzene rings is 3. The van der Waals surface area contributed by atoms with Crippen LogP contribution in [-0.4, -0.2) is 6.21 Å². The Morgan fingerprint density at radius 1 is 0.880 bits per heavy atom. The molecule has 126 valence electrons. The minimum atomic E-state index is -0.240. The van der Waals surface area contributed by atoms with Gasteiger partial charge in [0.25, 0.3) is 0 Å². The Balaban J connectivity index is 1.60. The van der Waals surface area contributed by atoms with Crippen molar-refractivity contribution in [2.75, 3.05) is 0 Å². The van der Waals surface area contributed by atoms with Gasteiger partial charge in [-0.05, 0) is 84.6 Å². The summed E-state index contributed by atoms with van der Waals surface area (Å²) in [5.41, 5.74) is 5.38. The standard InChI is InChI=1S/C22H20FNO/c1-16-3-10-21(13-17(16)2)24-14-18-6-11-22(12-7-18)25-15-19-4-8-20(23)9-5-19/h3-14H,15H2,1-2H3. The molecule has 3 aromatic carbocycles. The van der Waals surface area contributed by atoms with E-state index in [0.717, 1.165) is 22.6 Å². The van der Waals surface area contributed by atoms with E-state index < -0.39 is 0 Å². The van der Waals surface area contributed by atoms with Gasteiger partial charge in [-0.2, -0.15) is 0 Å². The molecule has 0 fully saturated rings. The fraction of sp³-hybridized carbons (Fsp3) is 0.136. The number of ether oxygens (including phenoxy) is 1. The van der Waals surface area contributed by atoms with Crippen molar-refractivity contribution in [1.82, 2.24) is 0 Å². The maximum atomic E-state index is 12.9. The lowest BCUT2D eigenvalue weighted by molar-refractivity contribution is 0.306. The predicted molar refractivity (Wildman–Crippen MR) is 100 cm³/mol. The van der Waals surface area contributed by atoms with E-state index in [1.54, 1.807) is 12.1 Å². The third-order valence-corrected chi connectivity index (χ3v) is 4.05. The van der Waals surface area contributed by atoms with Gasteiger partial charge in [0.15, 0.2) is 0 Å². The van der Waals surface area contributed by atoms with Gasteiger partial charge in [-0.1, -0.05) is 18.2 Å². The summed E-state index contributed by atoms with van der Waals surface area (Å²) >= 11 is 0. The summed E-state index contributed by atoms with van der Waals surface area (Å²) < 4.78 is 18.6. The quantitative estimate of drug-likeness (QED) is 0.543. The first kappa shape index (κ1) is 16.9. The lowest BCUT2D eigenvalue weighted by atomic mass is 10.1. The zero-order valence-electron chi connectivity index (χ0n) is 14.4. The Hall–Kier alpha value is -2.94. The molecule has 0 N–H and O–H groups in total. The minimum Gasteiger partial charge on any atom is -0.489 e. The second-order valence-corrected chi connectivity index (χ2v) is 6.01. The van der Waals surface area contributed by atoms with E-state index in [9.17, 15) is 4.39 Å². The van der Waals surface area contributed by atoms with Gasteiger partial charge >= 0.3 is 0 Å². The van der Waals surface area contributed by atoms with Crippen LogP contribution in [0.25, 0.3) is 0 Å². The molecule has 3 aromatic rings. The van der Waals surface area contributed by atoms with E-state index in [1.807, 2.05) is 36.5 Å². The second kappa shape index (κ2) is 7.75. The molecular formula is C22H20FNO. The van der Waals surface area contributed by atoms with Gasteiger partial charge in [-0.15, -0.1) is 0 Å². The van der Waals surface area contributed by atoms with Gasteiger partial charge in [0.1, 0.15) is 18.2 Å². The number of nitrogens with zero attached hydrogens (tertiary/aromatic N) is 1. The summed E-state index contributed by atoms with van der Waals surface area (Å²) in [7, 11) is 0. The van der Waals surface area contributed by atoms with Gasteiger partial charge < -0.3 is 4.74 Å². The third kappa shape index (κ3) is 4.77. The first-order chi connectivity index (χ1) is 12.1. The lowest BCUT2D eigenvalue weighted by Gasteiger charge is -2.06. The molecule has 0 unspecified atom stereocenters. The van der Waals surface area contributed by atoms with E-state index in [2.05, 4.69) is 31.0 Å². The zero-order valence-corrected chi connectivity index (χ0v) is 14.4. The number of hydrogen-bond acceptors (Lipinski definition) is 2. The predicted octanol–water partition coefficient (Wildman–Crippen LogP) is 5.77. The number of rotatable bonds is 5. The maximum Gasteiger partial charge on any atom is 0.123 e. The van der Waals surface area contributed by atoms with Crippen LogP contribution in [0, 0.1) is 19.7 Å². The highest BCUT2D eigenvalue weighted by molar-refractivity contribution is 5.82. The molecule has 0 atom stereocenters. The van der Waals surface area contributed by atoms with Crippen LogP contribution in [0.2, 0.25) is 0 Å². The number of hydrogen-bond donors (Lipinski definition) is 0. The average molecular weight is 333 g/mol. The van der Waals surface area contributed by atoms with Crippen molar-refractivity contribution in [2.45, 2.75) is 20.5 Å². The second-order valence-electron chi connectivity index (χ2n) is 6.01. The van der Waals surface area contributed by atoms with Crippen molar-refractivity contribution in [3.63, 3.8) is 0 Å². The highest BCUT2D eigenvalue weighted by atomic mass is 19.1. The molecule has 0 aromatic heterocycles. The molecule has 0 radical (unpaired) electrons. The fourth-order valence-electron chi connectivity index (χ4n) is 2.35. The van der Waals surface area contributed by atoms with Crippen LogP contribution in [0.3, 0.4) is 0 Å². The third-order valence-electron chi connectivity index (χ3n) is 4.05. The molecule has 2 nitrogen and oxygen atoms in total. The summed E-state index contributed by atoms with van der Waals surface area (Å²) in [5, 5.41) is 0. The fourth-order valence-corrected chi connectivity index (χ4v) is 2.35. The summed E-state index contributed by atoms with van der Waals surface area (Å²) in [6, 6.07) is 20.2. The normalized spacial score (nSPS) is 11.0. The smallest absolute Gasteiger partial charge is 0.123 e. The molecule has 0 heterocycles. The summed E-state index contributed by atoms with van der Waals surface area (Å²) in [6.45, 7) is 4.59. The molecule has 0 amide bonds. The van der Waals surface area contributed by atoms with Crippen molar-refractivity contribution in [1.29, 1.82) is 0 Å². The molecule has 0 spiro atoms. The van der Waals surface area contributed by atoms with Crippen molar-refractivity contribution < 1.29 is 9.13 Å². The Labute approximate surface area is 147 Å². The lowest BCUT2D eigenvalue weighted by Crippen LogP contribution is -1.95. The van der Waals surface area contributed by atoms with Crippen LogP contribution in [-0.2, 0) is 6.61 Å². The van der Waals surface area contributed by atoms with E-state index in [1.165, 1.54) is 23.3 Å². The molecule has 0 aliphatic rings. The molecule has 0 aliphatic heterocycles. The van der Waals surface area contributed by atoms with Crippen molar-refractivity contribution in [2.24, 2.45) is 4.99 Å². The van der Waals surface area contributed by atoms with E-state index in [0.29, 0.717) is 6.61 Å². The Morgan fingerprint density at radius 2 is 1.60 bits per heavy atom. The molecule has 3 rings (SSSR count). The highest BCUT2D eigenvalue weighted by Gasteiger charge is 1.98. The molecule has 25 heavy (non-hydrogen) atoms. The average Bonchev–Trinajstić information content (AvgIpc) is 2.63. The SMILES string of the molecule is Cc1ccc(N=Cc2ccc(OCc3ccc(F)cc3)cc2)cc1C. The van der Waals surface area contributed by atoms with Gasteiger partial charge in [-0.25, -0.2) is 4.39 Å². The van der Waals surface area contributed by atoms with Crippen molar-refractivity contribution in [3.8, 4) is 5.75 Å². The summed E-state index contributed by atoms with van der Waals surface area (Å²) in [5.74, 6) is 0.531. The Kier molecular flexibility index (Phi) is 5.24. The number of aryl methyl sites for hydroxylation is 2. The molecule has 0 aliphatic carbocycles. The molecule has 0 saturated carbocycles. The van der Waals surface area contributed by atoms with E-state index >= 15 is 0 Å². The maximum absolute atomic E-state index is 12.9. The monoisotopic (exact) mass is 333 g/mol. The molecule has 0 saturated heterocycles. The van der Waals surface area contributed by atoms with Crippen molar-refractivity contribution in [3.05, 3.63) is 94.8 Å². The van der Waals surface area contributed by atoms with E-state index in [4.69, 9.17) is 4.74 Å². The van der Waals surface area contributed by atoms with Gasteiger partial charge in [0.05, 0.1) is 5.69 Å². The molecular weight excluding hydrogens is 313 g/mol. The first-order valence-electron chi connectivity index (χ1n) is 8.19. The van der Waals surface area contributed by atoms with Crippen LogP contribution >= 0.6 is 0 Å². The van der Waals surface area contributed by atoms with Crippen LogP contribution in [0.4, 0.5) is 10.1 Å². The Bertz CT molecular complexity index is 868. The van der Waals surface area contributed by atoms with Gasteiger partial charge in [-0.3, -0.25) is 4.99 Å². The largest absolute Gasteiger partial charge is 0.489 e. The Morgan fingerprint density at radius 3 is 2.28 bits per heavy atom. The minimum absolute atomic E-state index is 0.240. The van der Waals surface area contributed by atoms with E-state index in [-0.39, 0.29) is 5.82 Å². The van der Waals surface area contributed by atoms with Gasteiger partial charge in [0.2, 0.25) is 0 Å². The topological polar surface area (TPSA) is 21.6 Å². The summed E-state index contributed by atoms with van der Waals surface area (Å²) in [6.07, 6.45) is 1.84. The van der Waals surface area contributed by atoms with Gasteiger partial charge in [0, 0.05) is 6.21 Å². The molecule has 0 bridgehead atoms. The number of aliphatic imine (C=N–C) groups is 1. The first-order valence-corrected chi connectivity index (χ1v) is 8.19. The van der Waals surface area contributed by atoms with Crippen molar-refractivity contribution >= 4 is 11.9 Å². The van der Waals surface area contributed by atoms with Crippen LogP contribution in [0.15, 0.2) is 71.7 Å². The van der Waals surface area contributed by atoms with Crippen LogP contribution in [0.1, 0.15) is 22.3 Å².